The van der Waals surface area contributed by atoms with Crippen LogP contribution in [-0.2, 0) is 0 Å². The highest BCUT2D eigenvalue weighted by Gasteiger charge is 2.12. The monoisotopic (exact) mass is 156 g/mol. The van der Waals surface area contributed by atoms with Gasteiger partial charge in [-0.15, -0.1) is 0 Å². The van der Waals surface area contributed by atoms with Crippen molar-refractivity contribution in [3.8, 4) is 0 Å². The third-order valence-electron chi connectivity index (χ3n) is 1.97. The molecule has 0 unspecified atom stereocenters. The molecule has 0 radical (unpaired) electrons. The Morgan fingerprint density at radius 3 is 2.83 bits per heavy atom. The Balaban J connectivity index is 2.68. The molecule has 0 saturated carbocycles. The first-order valence-electron chi connectivity index (χ1n) is 3.86. The molecule has 1 aliphatic rings. The molecule has 58 valence electrons. The van der Waals surface area contributed by atoms with Gasteiger partial charge < -0.3 is 5.11 Å². The lowest BCUT2D eigenvalue weighted by atomic mass is 9.97. The third kappa shape index (κ3) is 0.919. The van der Waals surface area contributed by atoms with E-state index >= 15 is 0 Å². The van der Waals surface area contributed by atoms with E-state index in [-0.39, 0.29) is 5.76 Å². The molecule has 0 spiro atoms. The summed E-state index contributed by atoms with van der Waals surface area (Å²) in [6.07, 6.45) is 4.80. The van der Waals surface area contributed by atoms with Gasteiger partial charge in [-0.3, -0.25) is 0 Å². The van der Waals surface area contributed by atoms with Crippen molar-refractivity contribution >= 4 is 5.76 Å². The summed E-state index contributed by atoms with van der Waals surface area (Å²) < 4.78 is 0. The van der Waals surface area contributed by atoms with Crippen molar-refractivity contribution in [1.82, 2.24) is 0 Å². The van der Waals surface area contributed by atoms with Gasteiger partial charge in [-0.25, -0.2) is 0 Å². The highest BCUT2D eigenvalue weighted by molar-refractivity contribution is 5.69. The summed E-state index contributed by atoms with van der Waals surface area (Å²) >= 11 is 0. The Labute approximate surface area is 71.7 Å². The average Bonchev–Trinajstić information content (AvgIpc) is 2.12. The normalized spacial score (nSPS) is 14.1. The van der Waals surface area contributed by atoms with Gasteiger partial charge in [0.1, 0.15) is 0 Å². The van der Waals surface area contributed by atoms with E-state index in [0.717, 1.165) is 16.7 Å². The molecule has 0 aromatic heterocycles. The lowest BCUT2D eigenvalue weighted by molar-refractivity contribution is -0.244. The minimum absolute atomic E-state index is 0.115. The van der Waals surface area contributed by atoms with Crippen molar-refractivity contribution in [1.29, 1.82) is 0 Å². The molecule has 0 saturated heterocycles. The van der Waals surface area contributed by atoms with Crippen molar-refractivity contribution in [3.05, 3.63) is 53.1 Å². The number of benzene rings is 1. The second-order valence-corrected chi connectivity index (χ2v) is 2.85. The first-order chi connectivity index (χ1) is 5.79. The Morgan fingerprint density at radius 2 is 2.00 bits per heavy atom. The van der Waals surface area contributed by atoms with Gasteiger partial charge in [-0.05, 0) is 30.9 Å². The summed E-state index contributed by atoms with van der Waals surface area (Å²) in [5.41, 5.74) is 2.42. The van der Waals surface area contributed by atoms with E-state index in [2.05, 4.69) is 6.08 Å². The molecule has 1 heteroatoms. The van der Waals surface area contributed by atoms with Gasteiger partial charge in [-0.1, -0.05) is 0 Å². The lowest BCUT2D eigenvalue weighted by Gasteiger charge is -2.12. The van der Waals surface area contributed by atoms with Crippen LogP contribution < -0.4 is 5.11 Å². The first kappa shape index (κ1) is 7.08. The molecule has 0 atom stereocenters. The molecule has 2 rings (SSSR count). The number of hydrogen-bond donors (Lipinski definition) is 0. The number of rotatable bonds is 0. The summed E-state index contributed by atoms with van der Waals surface area (Å²) in [6.45, 7) is 1.81. The van der Waals surface area contributed by atoms with E-state index in [1.165, 1.54) is 0 Å². The van der Waals surface area contributed by atoms with E-state index < -0.39 is 0 Å². The largest absolute Gasteiger partial charge is 0.857 e. The van der Waals surface area contributed by atoms with Crippen LogP contribution in [0.5, 0.6) is 0 Å². The summed E-state index contributed by atoms with van der Waals surface area (Å²) in [6, 6.07) is 7.52. The predicted molar refractivity (Wildman–Crippen MR) is 46.0 cm³/mol. The zero-order valence-electron chi connectivity index (χ0n) is 6.79. The first-order valence-corrected chi connectivity index (χ1v) is 3.86. The zero-order valence-corrected chi connectivity index (χ0v) is 6.79. The standard InChI is InChI=1S/C11H8O/c1-8-6-7-9-4-2-3-5-10(9)11(8)12/h2-6H,1H3. The Hall–Kier alpha value is -1.59. The van der Waals surface area contributed by atoms with E-state index in [1.807, 2.05) is 31.2 Å². The second kappa shape index (κ2) is 2.47. The molecule has 1 aliphatic carbocycles. The van der Waals surface area contributed by atoms with Crippen LogP contribution in [0.1, 0.15) is 18.1 Å². The number of fused-ring (bicyclic) bond motifs is 1. The summed E-state index contributed by atoms with van der Waals surface area (Å²) in [5, 5.41) is 11.5. The maximum Gasteiger partial charge on any atom is 0.154 e. The second-order valence-electron chi connectivity index (χ2n) is 2.85. The van der Waals surface area contributed by atoms with Crippen LogP contribution >= 0.6 is 0 Å². The van der Waals surface area contributed by atoms with Gasteiger partial charge in [0.25, 0.3) is 0 Å². The maximum absolute atomic E-state index is 11.5. The molecule has 1 aromatic carbocycles. The summed E-state index contributed by atoms with van der Waals surface area (Å²) in [5.74, 6) is 0.115. The van der Waals surface area contributed by atoms with Crippen molar-refractivity contribution < 1.29 is 5.11 Å². The average molecular weight is 156 g/mol. The lowest BCUT2D eigenvalue weighted by Crippen LogP contribution is -2.08. The van der Waals surface area contributed by atoms with Crippen LogP contribution in [0.4, 0.5) is 0 Å². The fourth-order valence-corrected chi connectivity index (χ4v) is 1.27. The molecular formula is C11H8O. The van der Waals surface area contributed by atoms with Gasteiger partial charge in [-0.2, -0.15) is 0 Å². The van der Waals surface area contributed by atoms with Crippen molar-refractivity contribution in [2.24, 2.45) is 0 Å². The Kier molecular flexibility index (Phi) is 1.46. The van der Waals surface area contributed by atoms with Crippen molar-refractivity contribution in [3.63, 3.8) is 0 Å². The topological polar surface area (TPSA) is 23.1 Å². The van der Waals surface area contributed by atoms with Crippen LogP contribution in [0.3, 0.4) is 0 Å². The van der Waals surface area contributed by atoms with Gasteiger partial charge in [0.15, 0.2) is 5.56 Å². The van der Waals surface area contributed by atoms with Crippen LogP contribution in [0, 0.1) is 6.08 Å². The number of hydrogen-bond acceptors (Lipinski definition) is 1. The highest BCUT2D eigenvalue weighted by Crippen LogP contribution is 2.22. The molecule has 0 fully saturated rings. The van der Waals surface area contributed by atoms with Gasteiger partial charge >= 0.3 is 0 Å². The van der Waals surface area contributed by atoms with E-state index in [0.29, 0.717) is 0 Å². The molecule has 1 nitrogen and oxygen atoms in total. The van der Waals surface area contributed by atoms with Gasteiger partial charge in [0.2, 0.25) is 0 Å². The third-order valence-corrected chi connectivity index (χ3v) is 1.97. The van der Waals surface area contributed by atoms with Crippen molar-refractivity contribution in [2.75, 3.05) is 0 Å². The van der Waals surface area contributed by atoms with E-state index in [4.69, 9.17) is 0 Å². The molecular weight excluding hydrogens is 148 g/mol. The fraction of sp³-hybridized carbons (Fsp3) is 0.0909. The molecule has 0 bridgehead atoms. The Morgan fingerprint density at radius 1 is 1.25 bits per heavy atom. The SMILES string of the molecule is CC1=C([O-])c2ccccc2[C+]=C1. The zero-order chi connectivity index (χ0) is 8.55. The van der Waals surface area contributed by atoms with Crippen LogP contribution in [-0.4, -0.2) is 0 Å². The van der Waals surface area contributed by atoms with E-state index in [9.17, 15) is 5.11 Å². The smallest absolute Gasteiger partial charge is 0.154 e. The molecule has 0 heterocycles. The minimum Gasteiger partial charge on any atom is -0.857 e. The van der Waals surface area contributed by atoms with Gasteiger partial charge in [0.05, 0.1) is 11.6 Å². The van der Waals surface area contributed by atoms with Crippen LogP contribution in [0.25, 0.3) is 5.76 Å². The molecule has 12 heavy (non-hydrogen) atoms. The van der Waals surface area contributed by atoms with Crippen molar-refractivity contribution in [2.45, 2.75) is 6.92 Å². The van der Waals surface area contributed by atoms with Crippen LogP contribution in [0.15, 0.2) is 35.9 Å². The number of allylic oxidation sites excluding steroid dienone is 2. The van der Waals surface area contributed by atoms with Gasteiger partial charge in [0, 0.05) is 17.7 Å². The predicted octanol–water partition coefficient (Wildman–Crippen LogP) is 1.50. The quantitative estimate of drug-likeness (QED) is 0.522. The fourth-order valence-electron chi connectivity index (χ4n) is 1.27. The minimum atomic E-state index is 0.115. The molecule has 0 amide bonds. The summed E-state index contributed by atoms with van der Waals surface area (Å²) in [7, 11) is 0. The Bertz CT molecular complexity index is 372. The van der Waals surface area contributed by atoms with Crippen LogP contribution in [0.2, 0.25) is 0 Å². The van der Waals surface area contributed by atoms with E-state index in [1.54, 1.807) is 6.08 Å². The molecule has 0 N–H and O–H groups in total. The maximum atomic E-state index is 11.5. The molecule has 1 aromatic rings. The summed E-state index contributed by atoms with van der Waals surface area (Å²) in [4.78, 5) is 0. The molecule has 0 aliphatic heterocycles. The highest BCUT2D eigenvalue weighted by atomic mass is 16.3.